The number of nitrogens with zero attached hydrogens (tertiary/aromatic N) is 2. The number of alkyl halides is 3. The lowest BCUT2D eigenvalue weighted by Gasteiger charge is -2.19. The SMILES string of the molecule is CN=C(NCCc1c(C)noc1C)NC(C)c1cccc(C(F)(F)F)c1. The molecule has 0 saturated carbocycles. The molecule has 2 rings (SSSR count). The Labute approximate surface area is 150 Å². The Hall–Kier alpha value is -2.51. The first kappa shape index (κ1) is 19.8. The number of aliphatic imine (C=N–C) groups is 1. The van der Waals surface area contributed by atoms with Crippen LogP contribution in [-0.4, -0.2) is 24.7 Å². The van der Waals surface area contributed by atoms with Crippen molar-refractivity contribution < 1.29 is 17.7 Å². The molecule has 0 aliphatic rings. The van der Waals surface area contributed by atoms with E-state index in [0.717, 1.165) is 29.2 Å². The van der Waals surface area contributed by atoms with Crippen LogP contribution in [0.1, 0.15) is 41.1 Å². The lowest BCUT2D eigenvalue weighted by atomic mass is 10.1. The van der Waals surface area contributed by atoms with Gasteiger partial charge in [-0.2, -0.15) is 13.2 Å². The second-order valence-corrected chi connectivity index (χ2v) is 6.04. The minimum atomic E-state index is -4.36. The van der Waals surface area contributed by atoms with Crippen molar-refractivity contribution in [2.45, 2.75) is 39.4 Å². The van der Waals surface area contributed by atoms with Crippen LogP contribution in [0.4, 0.5) is 13.2 Å². The van der Waals surface area contributed by atoms with Crippen molar-refractivity contribution in [1.82, 2.24) is 15.8 Å². The second-order valence-electron chi connectivity index (χ2n) is 6.04. The number of halogens is 3. The van der Waals surface area contributed by atoms with E-state index in [9.17, 15) is 13.2 Å². The molecule has 0 radical (unpaired) electrons. The van der Waals surface area contributed by atoms with E-state index in [2.05, 4.69) is 20.8 Å². The predicted molar refractivity (Wildman–Crippen MR) is 94.0 cm³/mol. The Balaban J connectivity index is 1.95. The molecule has 1 unspecified atom stereocenters. The van der Waals surface area contributed by atoms with Crippen molar-refractivity contribution in [2.75, 3.05) is 13.6 Å². The zero-order chi connectivity index (χ0) is 19.3. The molecule has 2 N–H and O–H groups in total. The quantitative estimate of drug-likeness (QED) is 0.623. The lowest BCUT2D eigenvalue weighted by molar-refractivity contribution is -0.137. The van der Waals surface area contributed by atoms with Crippen LogP contribution in [0.15, 0.2) is 33.8 Å². The molecule has 8 heteroatoms. The Kier molecular flexibility index (Phi) is 6.28. The first-order valence-corrected chi connectivity index (χ1v) is 8.28. The van der Waals surface area contributed by atoms with Crippen LogP contribution in [0, 0.1) is 13.8 Å². The fourth-order valence-electron chi connectivity index (χ4n) is 2.63. The molecule has 0 amide bonds. The number of nitrogens with one attached hydrogen (secondary N) is 2. The van der Waals surface area contributed by atoms with E-state index in [4.69, 9.17) is 4.52 Å². The number of guanidine groups is 1. The number of aromatic nitrogens is 1. The van der Waals surface area contributed by atoms with Crippen molar-refractivity contribution in [3.63, 3.8) is 0 Å². The van der Waals surface area contributed by atoms with E-state index in [1.54, 1.807) is 20.0 Å². The van der Waals surface area contributed by atoms with Crippen molar-refractivity contribution in [1.29, 1.82) is 0 Å². The van der Waals surface area contributed by atoms with Gasteiger partial charge in [-0.25, -0.2) is 0 Å². The zero-order valence-electron chi connectivity index (χ0n) is 15.2. The molecular formula is C18H23F3N4O. The largest absolute Gasteiger partial charge is 0.416 e. The summed E-state index contributed by atoms with van der Waals surface area (Å²) in [5.41, 5.74) is 1.77. The Morgan fingerprint density at radius 2 is 2.04 bits per heavy atom. The van der Waals surface area contributed by atoms with Gasteiger partial charge in [-0.3, -0.25) is 4.99 Å². The third kappa shape index (κ3) is 5.00. The van der Waals surface area contributed by atoms with Crippen LogP contribution in [0.3, 0.4) is 0 Å². The van der Waals surface area contributed by atoms with Crippen LogP contribution in [-0.2, 0) is 12.6 Å². The molecule has 2 aromatic rings. The first-order chi connectivity index (χ1) is 12.2. The van der Waals surface area contributed by atoms with Gasteiger partial charge < -0.3 is 15.2 Å². The molecule has 1 atom stereocenters. The summed E-state index contributed by atoms with van der Waals surface area (Å²) in [6, 6.07) is 4.94. The van der Waals surface area contributed by atoms with Gasteiger partial charge in [0.05, 0.1) is 17.3 Å². The summed E-state index contributed by atoms with van der Waals surface area (Å²) in [6.45, 7) is 6.13. The third-order valence-corrected chi connectivity index (χ3v) is 4.14. The summed E-state index contributed by atoms with van der Waals surface area (Å²) in [7, 11) is 1.62. The van der Waals surface area contributed by atoms with Gasteiger partial charge in [-0.1, -0.05) is 17.3 Å². The standard InChI is InChI=1S/C18H23F3N4O/c1-11(14-6-5-7-15(10-14)18(19,20)21)24-17(22-4)23-9-8-16-12(2)25-26-13(16)3/h5-7,10-11H,8-9H2,1-4H3,(H2,22,23,24). The van der Waals surface area contributed by atoms with Gasteiger partial charge in [0.25, 0.3) is 0 Å². The summed E-state index contributed by atoms with van der Waals surface area (Å²) in [5.74, 6) is 1.30. The Bertz CT molecular complexity index is 749. The van der Waals surface area contributed by atoms with E-state index >= 15 is 0 Å². The number of hydrogen-bond acceptors (Lipinski definition) is 3. The van der Waals surface area contributed by atoms with Crippen LogP contribution < -0.4 is 10.6 Å². The Morgan fingerprint density at radius 3 is 2.62 bits per heavy atom. The average Bonchev–Trinajstić information content (AvgIpc) is 2.92. The fourth-order valence-corrected chi connectivity index (χ4v) is 2.63. The summed E-state index contributed by atoms with van der Waals surface area (Å²) < 4.78 is 43.7. The van der Waals surface area contributed by atoms with Crippen LogP contribution >= 0.6 is 0 Å². The topological polar surface area (TPSA) is 62.5 Å². The molecule has 5 nitrogen and oxygen atoms in total. The van der Waals surface area contributed by atoms with E-state index in [1.807, 2.05) is 13.8 Å². The average molecular weight is 368 g/mol. The predicted octanol–water partition coefficient (Wildman–Crippen LogP) is 3.78. The summed E-state index contributed by atoms with van der Waals surface area (Å²) in [4.78, 5) is 4.12. The third-order valence-electron chi connectivity index (χ3n) is 4.14. The molecule has 26 heavy (non-hydrogen) atoms. The fraction of sp³-hybridized carbons (Fsp3) is 0.444. The maximum absolute atomic E-state index is 12.9. The lowest BCUT2D eigenvalue weighted by Crippen LogP contribution is -2.39. The van der Waals surface area contributed by atoms with E-state index in [0.29, 0.717) is 24.5 Å². The van der Waals surface area contributed by atoms with Crippen LogP contribution in [0.25, 0.3) is 0 Å². The van der Waals surface area contributed by atoms with Gasteiger partial charge in [0, 0.05) is 19.2 Å². The van der Waals surface area contributed by atoms with Gasteiger partial charge in [-0.05, 0) is 44.9 Å². The maximum Gasteiger partial charge on any atom is 0.416 e. The van der Waals surface area contributed by atoms with Crippen molar-refractivity contribution in [2.24, 2.45) is 4.99 Å². The van der Waals surface area contributed by atoms with Crippen molar-refractivity contribution in [3.05, 3.63) is 52.4 Å². The number of benzene rings is 1. The monoisotopic (exact) mass is 368 g/mol. The van der Waals surface area contributed by atoms with Gasteiger partial charge in [0.15, 0.2) is 5.96 Å². The zero-order valence-corrected chi connectivity index (χ0v) is 15.2. The van der Waals surface area contributed by atoms with E-state index in [-0.39, 0.29) is 6.04 Å². The van der Waals surface area contributed by atoms with Gasteiger partial charge >= 0.3 is 6.18 Å². The highest BCUT2D eigenvalue weighted by Gasteiger charge is 2.30. The second kappa shape index (κ2) is 8.25. The molecule has 0 bridgehead atoms. The first-order valence-electron chi connectivity index (χ1n) is 8.28. The highest BCUT2D eigenvalue weighted by atomic mass is 19.4. The number of rotatable bonds is 5. The van der Waals surface area contributed by atoms with Crippen LogP contribution in [0.2, 0.25) is 0 Å². The van der Waals surface area contributed by atoms with Crippen molar-refractivity contribution in [3.8, 4) is 0 Å². The highest BCUT2D eigenvalue weighted by Crippen LogP contribution is 2.30. The smallest absolute Gasteiger partial charge is 0.361 e. The molecule has 1 heterocycles. The van der Waals surface area contributed by atoms with Gasteiger partial charge in [-0.15, -0.1) is 0 Å². The molecule has 0 spiro atoms. The normalized spacial score (nSPS) is 13.6. The molecular weight excluding hydrogens is 345 g/mol. The van der Waals surface area contributed by atoms with E-state index in [1.165, 1.54) is 6.07 Å². The Morgan fingerprint density at radius 1 is 1.31 bits per heavy atom. The maximum atomic E-state index is 12.9. The van der Waals surface area contributed by atoms with Gasteiger partial charge in [0.2, 0.25) is 0 Å². The molecule has 0 aliphatic heterocycles. The molecule has 1 aromatic heterocycles. The van der Waals surface area contributed by atoms with Gasteiger partial charge in [0.1, 0.15) is 5.76 Å². The molecule has 0 saturated heterocycles. The number of hydrogen-bond donors (Lipinski definition) is 2. The minimum absolute atomic E-state index is 0.331. The molecule has 1 aromatic carbocycles. The van der Waals surface area contributed by atoms with E-state index < -0.39 is 11.7 Å². The summed E-state index contributed by atoms with van der Waals surface area (Å²) in [5, 5.41) is 10.2. The van der Waals surface area contributed by atoms with Crippen molar-refractivity contribution >= 4 is 5.96 Å². The minimum Gasteiger partial charge on any atom is -0.361 e. The highest BCUT2D eigenvalue weighted by molar-refractivity contribution is 5.80. The summed E-state index contributed by atoms with van der Waals surface area (Å²) >= 11 is 0. The molecule has 0 fully saturated rings. The summed E-state index contributed by atoms with van der Waals surface area (Å²) in [6.07, 6.45) is -3.65. The van der Waals surface area contributed by atoms with Crippen LogP contribution in [0.5, 0.6) is 0 Å². The molecule has 142 valence electrons. The number of aryl methyl sites for hydroxylation is 2. The molecule has 0 aliphatic carbocycles.